The summed E-state index contributed by atoms with van der Waals surface area (Å²) in [4.78, 5) is 24.2. The summed E-state index contributed by atoms with van der Waals surface area (Å²) in [5.74, 6) is 0.259. The number of ether oxygens (including phenoxy) is 3. The van der Waals surface area contributed by atoms with Gasteiger partial charge < -0.3 is 14.2 Å². The van der Waals surface area contributed by atoms with Gasteiger partial charge in [0, 0.05) is 17.1 Å². The van der Waals surface area contributed by atoms with Crippen LogP contribution in [0.15, 0.2) is 46.6 Å². The third-order valence-corrected chi connectivity index (χ3v) is 4.44. The molecule has 128 valence electrons. The van der Waals surface area contributed by atoms with E-state index in [4.69, 9.17) is 14.2 Å². The van der Waals surface area contributed by atoms with Gasteiger partial charge in [-0.05, 0) is 36.8 Å². The highest BCUT2D eigenvalue weighted by molar-refractivity contribution is 9.10. The molecule has 0 atom stereocenters. The first-order chi connectivity index (χ1) is 12.0. The summed E-state index contributed by atoms with van der Waals surface area (Å²) in [5.41, 5.74) is 1.87. The van der Waals surface area contributed by atoms with E-state index < -0.39 is 5.97 Å². The maximum absolute atomic E-state index is 12.6. The molecule has 0 aliphatic carbocycles. The van der Waals surface area contributed by atoms with Gasteiger partial charge in [-0.15, -0.1) is 0 Å². The van der Waals surface area contributed by atoms with Crippen LogP contribution in [0.3, 0.4) is 0 Å². The van der Waals surface area contributed by atoms with Crippen molar-refractivity contribution in [1.29, 1.82) is 0 Å². The van der Waals surface area contributed by atoms with Gasteiger partial charge in [-0.3, -0.25) is 4.79 Å². The number of benzene rings is 2. The number of ketones is 1. The monoisotopic (exact) mass is 402 g/mol. The predicted octanol–water partition coefficient (Wildman–Crippen LogP) is 3.93. The van der Waals surface area contributed by atoms with Gasteiger partial charge in [0.25, 0.3) is 0 Å². The van der Waals surface area contributed by atoms with Crippen molar-refractivity contribution in [3.05, 3.63) is 63.3 Å². The third kappa shape index (κ3) is 3.50. The van der Waals surface area contributed by atoms with Gasteiger partial charge in [0.2, 0.25) is 5.78 Å². The van der Waals surface area contributed by atoms with E-state index in [1.54, 1.807) is 25.1 Å². The van der Waals surface area contributed by atoms with Crippen molar-refractivity contribution in [3.8, 4) is 11.5 Å². The Hall–Kier alpha value is -2.44. The lowest BCUT2D eigenvalue weighted by atomic mass is 10.1. The van der Waals surface area contributed by atoms with Crippen molar-refractivity contribution in [2.24, 2.45) is 0 Å². The molecule has 1 aliphatic heterocycles. The Balaban J connectivity index is 1.92. The Morgan fingerprint density at radius 1 is 1.24 bits per heavy atom. The molecule has 0 saturated heterocycles. The molecule has 0 N–H and O–H groups in total. The first kappa shape index (κ1) is 17.4. The van der Waals surface area contributed by atoms with Crippen LogP contribution in [0, 0.1) is 6.92 Å². The largest absolute Gasteiger partial charge is 0.452 e. The third-order valence-electron chi connectivity index (χ3n) is 3.71. The van der Waals surface area contributed by atoms with E-state index in [9.17, 15) is 9.59 Å². The second-order valence-corrected chi connectivity index (χ2v) is 6.29. The second kappa shape index (κ2) is 7.21. The fourth-order valence-corrected chi connectivity index (χ4v) is 2.88. The Morgan fingerprint density at radius 3 is 2.72 bits per heavy atom. The fourth-order valence-electron chi connectivity index (χ4n) is 2.48. The highest BCUT2D eigenvalue weighted by Crippen LogP contribution is 2.39. The van der Waals surface area contributed by atoms with E-state index >= 15 is 0 Å². The minimum Gasteiger partial charge on any atom is -0.452 e. The molecule has 0 spiro atoms. The minimum atomic E-state index is -0.515. The predicted molar refractivity (Wildman–Crippen MR) is 95.8 cm³/mol. The van der Waals surface area contributed by atoms with Gasteiger partial charge in [-0.2, -0.15) is 0 Å². The number of fused-ring (bicyclic) bond motifs is 1. The SMILES string of the molecule is COCC(=O)Oc1ccc2c(c1C)O/C(=C\c1ccccc1Br)C2=O. The number of carbonyl (C=O) groups is 2. The Morgan fingerprint density at radius 2 is 2.00 bits per heavy atom. The topological polar surface area (TPSA) is 61.8 Å². The van der Waals surface area contributed by atoms with Gasteiger partial charge in [0.05, 0.1) is 5.56 Å². The first-order valence-corrected chi connectivity index (χ1v) is 8.32. The van der Waals surface area contributed by atoms with Crippen LogP contribution < -0.4 is 9.47 Å². The Bertz CT molecular complexity index is 885. The van der Waals surface area contributed by atoms with Gasteiger partial charge >= 0.3 is 5.97 Å². The second-order valence-electron chi connectivity index (χ2n) is 5.43. The lowest BCUT2D eigenvalue weighted by molar-refractivity contribution is -0.138. The van der Waals surface area contributed by atoms with Crippen molar-refractivity contribution in [3.63, 3.8) is 0 Å². The first-order valence-electron chi connectivity index (χ1n) is 7.53. The summed E-state index contributed by atoms with van der Waals surface area (Å²) in [6.45, 7) is 1.59. The summed E-state index contributed by atoms with van der Waals surface area (Å²) in [6.07, 6.45) is 1.68. The van der Waals surface area contributed by atoms with Crippen LogP contribution in [-0.2, 0) is 9.53 Å². The van der Waals surface area contributed by atoms with Crippen LogP contribution in [0.5, 0.6) is 11.5 Å². The molecular formula is C19H15BrO5. The summed E-state index contributed by atoms with van der Waals surface area (Å²) in [5, 5.41) is 0. The number of hydrogen-bond donors (Lipinski definition) is 0. The Kier molecular flexibility index (Phi) is 5.01. The van der Waals surface area contributed by atoms with Gasteiger partial charge in [0.1, 0.15) is 18.1 Å². The highest BCUT2D eigenvalue weighted by Gasteiger charge is 2.30. The van der Waals surface area contributed by atoms with E-state index in [1.807, 2.05) is 24.3 Å². The van der Waals surface area contributed by atoms with Crippen molar-refractivity contribution in [2.75, 3.05) is 13.7 Å². The molecule has 3 rings (SSSR count). The molecule has 0 fully saturated rings. The highest BCUT2D eigenvalue weighted by atomic mass is 79.9. The minimum absolute atomic E-state index is 0.149. The summed E-state index contributed by atoms with van der Waals surface area (Å²) in [6, 6.07) is 10.7. The molecule has 5 nitrogen and oxygen atoms in total. The number of allylic oxidation sites excluding steroid dienone is 1. The number of methoxy groups -OCH3 is 1. The average molecular weight is 403 g/mol. The molecule has 2 aromatic rings. The number of carbonyl (C=O) groups excluding carboxylic acids is 2. The maximum atomic E-state index is 12.6. The van der Waals surface area contributed by atoms with E-state index in [1.165, 1.54) is 7.11 Å². The van der Waals surface area contributed by atoms with Crippen LogP contribution >= 0.6 is 15.9 Å². The van der Waals surface area contributed by atoms with E-state index in [2.05, 4.69) is 15.9 Å². The molecule has 0 unspecified atom stereocenters. The van der Waals surface area contributed by atoms with Crippen LogP contribution in [0.4, 0.5) is 0 Å². The quantitative estimate of drug-likeness (QED) is 0.440. The van der Waals surface area contributed by atoms with Crippen LogP contribution in [-0.4, -0.2) is 25.5 Å². The molecule has 0 aromatic heterocycles. The zero-order chi connectivity index (χ0) is 18.0. The molecule has 0 bridgehead atoms. The molecule has 25 heavy (non-hydrogen) atoms. The molecule has 0 radical (unpaired) electrons. The standard InChI is InChI=1S/C19H15BrO5/c1-11-15(24-17(21)10-23-2)8-7-13-18(22)16(25-19(11)13)9-12-5-3-4-6-14(12)20/h3-9H,10H2,1-2H3/b16-9-. The summed E-state index contributed by atoms with van der Waals surface area (Å²) < 4.78 is 16.6. The molecule has 1 aliphatic rings. The van der Waals surface area contributed by atoms with Crippen molar-refractivity contribution in [2.45, 2.75) is 6.92 Å². The zero-order valence-corrected chi connectivity index (χ0v) is 15.3. The normalized spacial score (nSPS) is 14.4. The summed E-state index contributed by atoms with van der Waals surface area (Å²) in [7, 11) is 1.41. The van der Waals surface area contributed by atoms with Gasteiger partial charge in [-0.1, -0.05) is 34.1 Å². The average Bonchev–Trinajstić information content (AvgIpc) is 2.90. The van der Waals surface area contributed by atoms with Crippen molar-refractivity contribution >= 4 is 33.8 Å². The number of rotatable bonds is 4. The molecule has 6 heteroatoms. The smallest absolute Gasteiger partial charge is 0.337 e. The Labute approximate surface area is 153 Å². The zero-order valence-electron chi connectivity index (χ0n) is 13.7. The van der Waals surface area contributed by atoms with Crippen molar-refractivity contribution in [1.82, 2.24) is 0 Å². The number of Topliss-reactive ketones (excluding diaryl/α,β-unsaturated/α-hetero) is 1. The molecule has 0 amide bonds. The van der Waals surface area contributed by atoms with E-state index in [0.29, 0.717) is 22.6 Å². The lowest BCUT2D eigenvalue weighted by Gasteiger charge is -2.09. The number of hydrogen-bond acceptors (Lipinski definition) is 5. The van der Waals surface area contributed by atoms with Crippen molar-refractivity contribution < 1.29 is 23.8 Å². The van der Waals surface area contributed by atoms with E-state index in [-0.39, 0.29) is 18.1 Å². The number of esters is 1. The van der Waals surface area contributed by atoms with Crippen LogP contribution in [0.25, 0.3) is 6.08 Å². The van der Waals surface area contributed by atoms with Gasteiger partial charge in [0.15, 0.2) is 5.76 Å². The fraction of sp³-hybridized carbons (Fsp3) is 0.158. The molecule has 0 saturated carbocycles. The summed E-state index contributed by atoms with van der Waals surface area (Å²) >= 11 is 3.45. The molecule has 2 aromatic carbocycles. The molecule has 1 heterocycles. The number of halogens is 1. The van der Waals surface area contributed by atoms with Crippen LogP contribution in [0.1, 0.15) is 21.5 Å². The van der Waals surface area contributed by atoms with E-state index in [0.717, 1.165) is 10.0 Å². The van der Waals surface area contributed by atoms with Crippen LogP contribution in [0.2, 0.25) is 0 Å². The molecular weight excluding hydrogens is 388 g/mol. The van der Waals surface area contributed by atoms with Gasteiger partial charge in [-0.25, -0.2) is 4.79 Å². The maximum Gasteiger partial charge on any atom is 0.337 e. The lowest BCUT2D eigenvalue weighted by Crippen LogP contribution is -2.14.